The van der Waals surface area contributed by atoms with Crippen LogP contribution in [0.5, 0.6) is 6.01 Å². The van der Waals surface area contributed by atoms with Crippen LogP contribution < -0.4 is 14.5 Å². The second-order valence-corrected chi connectivity index (χ2v) is 11.3. The number of benzene rings is 2. The number of rotatable bonds is 7. The quantitative estimate of drug-likeness (QED) is 0.449. The molecule has 2 fully saturated rings. The number of hydrogen-bond acceptors (Lipinski definition) is 8. The fourth-order valence-electron chi connectivity index (χ4n) is 6.56. The SMILES string of the molecule is COCC1CN(c2nc(OC[C@@H]3CCCN3C)nc3c2CCN(c2cccc4ccccc24)C3)CCN1C(C)=O. The highest BCUT2D eigenvalue weighted by Crippen LogP contribution is 2.34. The third kappa shape index (κ3) is 5.32. The molecule has 3 aliphatic heterocycles. The van der Waals surface area contributed by atoms with Gasteiger partial charge in [-0.1, -0.05) is 36.4 Å². The van der Waals surface area contributed by atoms with Gasteiger partial charge in [-0.3, -0.25) is 4.79 Å². The van der Waals surface area contributed by atoms with Crippen LogP contribution in [-0.2, 0) is 22.5 Å². The summed E-state index contributed by atoms with van der Waals surface area (Å²) in [5.74, 6) is 1.03. The number of nitrogens with zero attached hydrogens (tertiary/aromatic N) is 6. The predicted molar refractivity (Wildman–Crippen MR) is 157 cm³/mol. The lowest BCUT2D eigenvalue weighted by Gasteiger charge is -2.42. The Labute approximate surface area is 236 Å². The van der Waals surface area contributed by atoms with Gasteiger partial charge in [0, 0.05) is 62.9 Å². The van der Waals surface area contributed by atoms with Crippen LogP contribution in [0.25, 0.3) is 10.8 Å². The summed E-state index contributed by atoms with van der Waals surface area (Å²) in [6, 6.07) is 15.9. The Balaban J connectivity index is 1.32. The van der Waals surface area contributed by atoms with Gasteiger partial charge in [-0.2, -0.15) is 9.97 Å². The molecule has 40 heavy (non-hydrogen) atoms. The van der Waals surface area contributed by atoms with Gasteiger partial charge in [0.2, 0.25) is 5.91 Å². The number of carbonyl (C=O) groups excluding carboxylic acids is 1. The molecule has 1 unspecified atom stereocenters. The Morgan fingerprint density at radius 3 is 2.62 bits per heavy atom. The van der Waals surface area contributed by atoms with E-state index in [4.69, 9.17) is 19.4 Å². The van der Waals surface area contributed by atoms with Crippen molar-refractivity contribution in [2.75, 3.05) is 69.9 Å². The van der Waals surface area contributed by atoms with E-state index >= 15 is 0 Å². The Bertz CT molecular complexity index is 1360. The van der Waals surface area contributed by atoms with Gasteiger partial charge < -0.3 is 29.1 Å². The summed E-state index contributed by atoms with van der Waals surface area (Å²) in [6.07, 6.45) is 3.18. The largest absolute Gasteiger partial charge is 0.462 e. The van der Waals surface area contributed by atoms with E-state index < -0.39 is 0 Å². The van der Waals surface area contributed by atoms with Crippen LogP contribution in [0.15, 0.2) is 42.5 Å². The van der Waals surface area contributed by atoms with Gasteiger partial charge in [-0.25, -0.2) is 0 Å². The number of piperazine rings is 1. The second-order valence-electron chi connectivity index (χ2n) is 11.3. The summed E-state index contributed by atoms with van der Waals surface area (Å²) < 4.78 is 11.8. The first-order chi connectivity index (χ1) is 19.5. The van der Waals surface area contributed by atoms with Crippen LogP contribution in [0.3, 0.4) is 0 Å². The van der Waals surface area contributed by atoms with Gasteiger partial charge in [0.15, 0.2) is 0 Å². The number of carbonyl (C=O) groups is 1. The van der Waals surface area contributed by atoms with E-state index in [1.807, 2.05) is 4.90 Å². The van der Waals surface area contributed by atoms with Crippen molar-refractivity contribution in [3.05, 3.63) is 53.7 Å². The van der Waals surface area contributed by atoms with Gasteiger partial charge in [0.1, 0.15) is 12.4 Å². The monoisotopic (exact) mass is 544 g/mol. The van der Waals surface area contributed by atoms with Gasteiger partial charge in [-0.15, -0.1) is 0 Å². The standard InChI is InChI=1S/C31H40N6O3/c1-22(38)37-17-16-36(18-25(37)20-39-3)30-27-13-15-35(29-12-6-9-23-8-4-5-11-26(23)29)19-28(27)32-31(33-30)40-21-24-10-7-14-34(24)2/h4-6,8-9,11-12,24-25H,7,10,13-21H2,1-3H3/t24-,25?/m0/s1. The lowest BCUT2D eigenvalue weighted by molar-refractivity contribution is -0.132. The minimum absolute atomic E-state index is 0.0193. The number of hydrogen-bond donors (Lipinski definition) is 0. The Hall–Kier alpha value is -3.43. The number of fused-ring (bicyclic) bond motifs is 2. The summed E-state index contributed by atoms with van der Waals surface area (Å²) in [7, 11) is 3.85. The van der Waals surface area contributed by atoms with Crippen molar-refractivity contribution in [1.29, 1.82) is 0 Å². The molecule has 1 amide bonds. The Morgan fingerprint density at radius 1 is 0.975 bits per heavy atom. The molecule has 0 N–H and O–H groups in total. The van der Waals surface area contributed by atoms with E-state index in [1.54, 1.807) is 14.0 Å². The Kier molecular flexibility index (Phi) is 7.76. The third-order valence-corrected chi connectivity index (χ3v) is 8.75. The minimum Gasteiger partial charge on any atom is -0.462 e. The molecule has 3 aliphatic rings. The van der Waals surface area contributed by atoms with E-state index in [0.29, 0.717) is 44.9 Å². The molecule has 6 rings (SSSR count). The normalized spacial score (nSPS) is 21.6. The average molecular weight is 545 g/mol. The van der Waals surface area contributed by atoms with E-state index in [0.717, 1.165) is 44.0 Å². The molecule has 0 bridgehead atoms. The zero-order valence-electron chi connectivity index (χ0n) is 23.9. The number of amides is 1. The van der Waals surface area contributed by atoms with Crippen molar-refractivity contribution in [2.45, 2.75) is 44.8 Å². The average Bonchev–Trinajstić information content (AvgIpc) is 3.39. The van der Waals surface area contributed by atoms with Gasteiger partial charge in [0.25, 0.3) is 0 Å². The molecule has 0 spiro atoms. The lowest BCUT2D eigenvalue weighted by Crippen LogP contribution is -2.57. The summed E-state index contributed by atoms with van der Waals surface area (Å²) >= 11 is 0. The molecule has 0 aliphatic carbocycles. The molecule has 4 heterocycles. The number of aromatic nitrogens is 2. The van der Waals surface area contributed by atoms with E-state index in [2.05, 4.69) is 64.2 Å². The highest BCUT2D eigenvalue weighted by Gasteiger charge is 2.33. The maximum atomic E-state index is 12.3. The van der Waals surface area contributed by atoms with E-state index in [9.17, 15) is 4.79 Å². The topological polar surface area (TPSA) is 74.3 Å². The molecule has 212 valence electrons. The molecule has 1 aromatic heterocycles. The van der Waals surface area contributed by atoms with E-state index in [1.165, 1.54) is 28.4 Å². The highest BCUT2D eigenvalue weighted by molar-refractivity contribution is 5.94. The molecular weight excluding hydrogens is 504 g/mol. The highest BCUT2D eigenvalue weighted by atomic mass is 16.5. The molecule has 2 saturated heterocycles. The first-order valence-corrected chi connectivity index (χ1v) is 14.5. The van der Waals surface area contributed by atoms with Gasteiger partial charge in [0.05, 0.1) is 24.9 Å². The summed E-state index contributed by atoms with van der Waals surface area (Å²) in [5, 5.41) is 2.50. The molecule has 2 aromatic carbocycles. The maximum Gasteiger partial charge on any atom is 0.318 e. The molecule has 2 atom stereocenters. The summed E-state index contributed by atoms with van der Waals surface area (Å²) in [6.45, 7) is 7.46. The summed E-state index contributed by atoms with van der Waals surface area (Å²) in [4.78, 5) is 31.3. The van der Waals surface area contributed by atoms with Crippen molar-refractivity contribution < 1.29 is 14.3 Å². The smallest absolute Gasteiger partial charge is 0.318 e. The van der Waals surface area contributed by atoms with Crippen LogP contribution >= 0.6 is 0 Å². The zero-order valence-corrected chi connectivity index (χ0v) is 23.9. The van der Waals surface area contributed by atoms with Crippen molar-refractivity contribution in [3.63, 3.8) is 0 Å². The first-order valence-electron chi connectivity index (χ1n) is 14.5. The molecular formula is C31H40N6O3. The molecule has 3 aromatic rings. The molecule has 9 nitrogen and oxygen atoms in total. The fourth-order valence-corrected chi connectivity index (χ4v) is 6.56. The zero-order chi connectivity index (χ0) is 27.6. The number of likely N-dealkylation sites (tertiary alicyclic amines) is 1. The maximum absolute atomic E-state index is 12.3. The van der Waals surface area contributed by atoms with E-state index in [-0.39, 0.29) is 11.9 Å². The van der Waals surface area contributed by atoms with Gasteiger partial charge in [-0.05, 0) is 44.3 Å². The Morgan fingerprint density at radius 2 is 1.82 bits per heavy atom. The van der Waals surface area contributed by atoms with Crippen LogP contribution in [0.1, 0.15) is 31.0 Å². The second kappa shape index (κ2) is 11.6. The molecule has 0 radical (unpaired) electrons. The van der Waals surface area contributed by atoms with Gasteiger partial charge >= 0.3 is 6.01 Å². The van der Waals surface area contributed by atoms with Crippen LogP contribution in [0, 0.1) is 0 Å². The minimum atomic E-state index is -0.0193. The summed E-state index contributed by atoms with van der Waals surface area (Å²) in [5.41, 5.74) is 3.44. The number of methoxy groups -OCH3 is 1. The van der Waals surface area contributed by atoms with Crippen LogP contribution in [0.2, 0.25) is 0 Å². The van der Waals surface area contributed by atoms with Crippen molar-refractivity contribution in [3.8, 4) is 6.01 Å². The van der Waals surface area contributed by atoms with Crippen molar-refractivity contribution in [2.24, 2.45) is 0 Å². The third-order valence-electron chi connectivity index (χ3n) is 8.75. The molecule has 9 heteroatoms. The number of ether oxygens (including phenoxy) is 2. The number of anilines is 2. The number of likely N-dealkylation sites (N-methyl/N-ethyl adjacent to an activating group) is 1. The van der Waals surface area contributed by atoms with Crippen molar-refractivity contribution >= 4 is 28.2 Å². The lowest BCUT2D eigenvalue weighted by atomic mass is 10.0. The van der Waals surface area contributed by atoms with Crippen LogP contribution in [-0.4, -0.2) is 97.9 Å². The molecule has 0 saturated carbocycles. The fraction of sp³-hybridized carbons (Fsp3) is 0.516. The predicted octanol–water partition coefficient (Wildman–Crippen LogP) is 3.35. The van der Waals surface area contributed by atoms with Crippen molar-refractivity contribution in [1.82, 2.24) is 19.8 Å². The first kappa shape index (κ1) is 26.8. The van der Waals surface area contributed by atoms with Crippen LogP contribution in [0.4, 0.5) is 11.5 Å².